The van der Waals surface area contributed by atoms with E-state index in [9.17, 15) is 9.59 Å². The van der Waals surface area contributed by atoms with E-state index in [4.69, 9.17) is 0 Å². The zero-order valence-electron chi connectivity index (χ0n) is 12.4. The van der Waals surface area contributed by atoms with Gasteiger partial charge in [0.1, 0.15) is 0 Å². The van der Waals surface area contributed by atoms with Crippen molar-refractivity contribution < 1.29 is 14.3 Å². The van der Waals surface area contributed by atoms with Gasteiger partial charge >= 0.3 is 5.97 Å². The first kappa shape index (κ1) is 16.0. The molecule has 1 fully saturated rings. The highest BCUT2D eigenvalue weighted by atomic mass is 16.5. The number of hydrogen-bond donors (Lipinski definition) is 0. The van der Waals surface area contributed by atoms with E-state index < -0.39 is 0 Å². The Balaban J connectivity index is 2.41. The first-order valence-corrected chi connectivity index (χ1v) is 7.17. The van der Waals surface area contributed by atoms with Gasteiger partial charge in [0.25, 0.3) is 0 Å². The summed E-state index contributed by atoms with van der Waals surface area (Å²) in [5.74, 6) is -0.0452. The largest absolute Gasteiger partial charge is 0.469 e. The molecule has 0 aromatic rings. The smallest absolute Gasteiger partial charge is 0.306 e. The first-order valence-electron chi connectivity index (χ1n) is 7.17. The molecule has 1 unspecified atom stereocenters. The van der Waals surface area contributed by atoms with Crippen LogP contribution in [0.15, 0.2) is 0 Å². The van der Waals surface area contributed by atoms with Crippen molar-refractivity contribution in [3.05, 3.63) is 0 Å². The van der Waals surface area contributed by atoms with Crippen molar-refractivity contribution in [3.8, 4) is 0 Å². The predicted octanol–water partition coefficient (Wildman–Crippen LogP) is 1.27. The van der Waals surface area contributed by atoms with Crippen molar-refractivity contribution in [1.82, 2.24) is 9.80 Å². The summed E-state index contributed by atoms with van der Waals surface area (Å²) in [7, 11) is 1.39. The Hall–Kier alpha value is -1.10. The summed E-state index contributed by atoms with van der Waals surface area (Å²) in [5.41, 5.74) is 0. The molecule has 1 aliphatic rings. The Kier molecular flexibility index (Phi) is 6.84. The summed E-state index contributed by atoms with van der Waals surface area (Å²) in [5, 5.41) is 0. The van der Waals surface area contributed by atoms with Crippen LogP contribution in [-0.4, -0.2) is 61.0 Å². The Morgan fingerprint density at radius 1 is 1.37 bits per heavy atom. The number of hydrogen-bond acceptors (Lipinski definition) is 4. The highest BCUT2D eigenvalue weighted by molar-refractivity contribution is 5.78. The molecule has 19 heavy (non-hydrogen) atoms. The highest BCUT2D eigenvalue weighted by Crippen LogP contribution is 2.16. The molecule has 0 bridgehead atoms. The quantitative estimate of drug-likeness (QED) is 0.682. The van der Waals surface area contributed by atoms with Gasteiger partial charge in [0.05, 0.1) is 20.1 Å². The molecule has 1 aliphatic heterocycles. The van der Waals surface area contributed by atoms with Crippen LogP contribution in [0.25, 0.3) is 0 Å². The number of ether oxygens (including phenoxy) is 1. The van der Waals surface area contributed by atoms with Crippen molar-refractivity contribution in [2.75, 3.05) is 33.3 Å². The van der Waals surface area contributed by atoms with Crippen molar-refractivity contribution in [2.24, 2.45) is 0 Å². The Morgan fingerprint density at radius 3 is 2.68 bits per heavy atom. The molecule has 0 N–H and O–H groups in total. The molecule has 0 radical (unpaired) electrons. The SMILES string of the molecule is CCN(CCC(=O)OC)CC(=O)N1CCCCC1C. The average Bonchev–Trinajstić information content (AvgIpc) is 2.43. The van der Waals surface area contributed by atoms with E-state index in [0.29, 0.717) is 25.6 Å². The number of nitrogens with zero attached hydrogens (tertiary/aromatic N) is 2. The van der Waals surface area contributed by atoms with E-state index in [1.165, 1.54) is 13.5 Å². The minimum Gasteiger partial charge on any atom is -0.469 e. The van der Waals surface area contributed by atoms with Crippen LogP contribution in [0.3, 0.4) is 0 Å². The minimum absolute atomic E-state index is 0.180. The van der Waals surface area contributed by atoms with Crippen LogP contribution in [0.2, 0.25) is 0 Å². The maximum Gasteiger partial charge on any atom is 0.306 e. The number of piperidine rings is 1. The van der Waals surface area contributed by atoms with E-state index in [1.807, 2.05) is 16.7 Å². The number of esters is 1. The second-order valence-electron chi connectivity index (χ2n) is 5.13. The van der Waals surface area contributed by atoms with Crippen molar-refractivity contribution in [1.29, 1.82) is 0 Å². The molecule has 0 aromatic heterocycles. The van der Waals surface area contributed by atoms with Crippen molar-refractivity contribution in [3.63, 3.8) is 0 Å². The number of likely N-dealkylation sites (N-methyl/N-ethyl adjacent to an activating group) is 1. The molecular formula is C14H26N2O3. The van der Waals surface area contributed by atoms with Crippen LogP contribution in [0, 0.1) is 0 Å². The molecule has 1 atom stereocenters. The van der Waals surface area contributed by atoms with Gasteiger partial charge in [-0.05, 0) is 32.7 Å². The van der Waals surface area contributed by atoms with Crippen molar-refractivity contribution in [2.45, 2.75) is 45.6 Å². The van der Waals surface area contributed by atoms with Gasteiger partial charge < -0.3 is 9.64 Å². The van der Waals surface area contributed by atoms with Crippen LogP contribution >= 0.6 is 0 Å². The summed E-state index contributed by atoms with van der Waals surface area (Å²) in [6.45, 7) is 6.74. The fourth-order valence-corrected chi connectivity index (χ4v) is 2.45. The summed E-state index contributed by atoms with van der Waals surface area (Å²) >= 11 is 0. The zero-order chi connectivity index (χ0) is 14.3. The molecule has 1 rings (SSSR count). The highest BCUT2D eigenvalue weighted by Gasteiger charge is 2.24. The Labute approximate surface area is 115 Å². The number of likely N-dealkylation sites (tertiary alicyclic amines) is 1. The van der Waals surface area contributed by atoms with E-state index >= 15 is 0 Å². The molecule has 0 spiro atoms. The fraction of sp³-hybridized carbons (Fsp3) is 0.857. The lowest BCUT2D eigenvalue weighted by molar-refractivity contribution is -0.142. The molecule has 0 saturated carbocycles. The molecule has 5 heteroatoms. The van der Waals surface area contributed by atoms with Gasteiger partial charge in [0, 0.05) is 19.1 Å². The second kappa shape index (κ2) is 8.15. The third-order valence-corrected chi connectivity index (χ3v) is 3.79. The number of methoxy groups -OCH3 is 1. The standard InChI is InChI=1S/C14H26N2O3/c1-4-15(10-8-14(18)19-3)11-13(17)16-9-6-5-7-12(16)2/h12H,4-11H2,1-3H3. The Morgan fingerprint density at radius 2 is 2.11 bits per heavy atom. The van der Waals surface area contributed by atoms with Gasteiger partial charge in [0.2, 0.25) is 5.91 Å². The maximum atomic E-state index is 12.3. The monoisotopic (exact) mass is 270 g/mol. The summed E-state index contributed by atoms with van der Waals surface area (Å²) < 4.78 is 4.62. The number of amides is 1. The van der Waals surface area contributed by atoms with Gasteiger partial charge in [-0.3, -0.25) is 14.5 Å². The van der Waals surface area contributed by atoms with E-state index in [0.717, 1.165) is 25.9 Å². The molecule has 0 aliphatic carbocycles. The normalized spacial score (nSPS) is 19.6. The van der Waals surface area contributed by atoms with Crippen LogP contribution in [0.4, 0.5) is 0 Å². The van der Waals surface area contributed by atoms with Crippen LogP contribution in [0.1, 0.15) is 39.5 Å². The predicted molar refractivity (Wildman–Crippen MR) is 73.8 cm³/mol. The van der Waals surface area contributed by atoms with Gasteiger partial charge in [-0.15, -0.1) is 0 Å². The van der Waals surface area contributed by atoms with E-state index in [-0.39, 0.29) is 11.9 Å². The van der Waals surface area contributed by atoms with E-state index in [1.54, 1.807) is 0 Å². The Bertz CT molecular complexity index is 307. The lowest BCUT2D eigenvalue weighted by Gasteiger charge is -2.35. The molecule has 110 valence electrons. The third kappa shape index (κ3) is 5.19. The lowest BCUT2D eigenvalue weighted by atomic mass is 10.0. The number of carbonyl (C=O) groups is 2. The van der Waals surface area contributed by atoms with Gasteiger partial charge in [-0.2, -0.15) is 0 Å². The minimum atomic E-state index is -0.225. The topological polar surface area (TPSA) is 49.9 Å². The number of rotatable bonds is 6. The average molecular weight is 270 g/mol. The second-order valence-corrected chi connectivity index (χ2v) is 5.13. The first-order chi connectivity index (χ1) is 9.08. The van der Waals surface area contributed by atoms with Gasteiger partial charge in [-0.1, -0.05) is 6.92 Å². The maximum absolute atomic E-state index is 12.3. The zero-order valence-corrected chi connectivity index (χ0v) is 12.4. The molecule has 1 amide bonds. The van der Waals surface area contributed by atoms with Crippen LogP contribution < -0.4 is 0 Å². The molecule has 5 nitrogen and oxygen atoms in total. The van der Waals surface area contributed by atoms with Crippen molar-refractivity contribution >= 4 is 11.9 Å². The molecule has 1 saturated heterocycles. The molecular weight excluding hydrogens is 244 g/mol. The van der Waals surface area contributed by atoms with E-state index in [2.05, 4.69) is 11.7 Å². The summed E-state index contributed by atoms with van der Waals surface area (Å²) in [4.78, 5) is 27.4. The molecule has 0 aromatic carbocycles. The fourth-order valence-electron chi connectivity index (χ4n) is 2.45. The number of carbonyl (C=O) groups excluding carboxylic acids is 2. The summed E-state index contributed by atoms with van der Waals surface area (Å²) in [6, 6.07) is 0.348. The van der Waals surface area contributed by atoms with Gasteiger partial charge in [0.15, 0.2) is 0 Å². The van der Waals surface area contributed by atoms with Gasteiger partial charge in [-0.25, -0.2) is 0 Å². The summed E-state index contributed by atoms with van der Waals surface area (Å²) in [6.07, 6.45) is 3.75. The van der Waals surface area contributed by atoms with Crippen LogP contribution in [-0.2, 0) is 14.3 Å². The van der Waals surface area contributed by atoms with Crippen LogP contribution in [0.5, 0.6) is 0 Å². The lowest BCUT2D eigenvalue weighted by Crippen LogP contribution is -2.47. The third-order valence-electron chi connectivity index (χ3n) is 3.79. The molecule has 1 heterocycles.